The third-order valence-corrected chi connectivity index (χ3v) is 1.49. The van der Waals surface area contributed by atoms with Crippen LogP contribution in [0.1, 0.15) is 20.8 Å². The smallest absolute Gasteiger partial charge is 0.123 e. The number of allylic oxidation sites excluding steroid dienone is 1. The van der Waals surface area contributed by atoms with Crippen LogP contribution in [0.25, 0.3) is 0 Å². The van der Waals surface area contributed by atoms with E-state index in [4.69, 9.17) is 0 Å². The Labute approximate surface area is 62.0 Å². The van der Waals surface area contributed by atoms with Gasteiger partial charge in [0.05, 0.1) is 0 Å². The van der Waals surface area contributed by atoms with Gasteiger partial charge < -0.3 is 5.32 Å². The van der Waals surface area contributed by atoms with E-state index >= 15 is 0 Å². The second kappa shape index (κ2) is 2.45. The van der Waals surface area contributed by atoms with Gasteiger partial charge in [0.25, 0.3) is 0 Å². The summed E-state index contributed by atoms with van der Waals surface area (Å²) >= 11 is 0. The van der Waals surface area contributed by atoms with Crippen molar-refractivity contribution in [3.05, 3.63) is 12.3 Å². The maximum absolute atomic E-state index is 4.28. The lowest BCUT2D eigenvalue weighted by atomic mass is 9.92. The number of nitrogens with one attached hydrogen (secondary N) is 1. The molecule has 1 N–H and O–H groups in total. The Morgan fingerprint density at radius 2 is 2.10 bits per heavy atom. The molecule has 0 aromatic rings. The van der Waals surface area contributed by atoms with Crippen LogP contribution in [-0.4, -0.2) is 12.4 Å². The molecule has 0 saturated heterocycles. The summed E-state index contributed by atoms with van der Waals surface area (Å²) in [4.78, 5) is 4.28. The highest BCUT2D eigenvalue weighted by Gasteiger charge is 2.22. The van der Waals surface area contributed by atoms with Crippen molar-refractivity contribution in [1.82, 2.24) is 5.32 Å². The zero-order chi connectivity index (χ0) is 7.61. The molecule has 0 spiro atoms. The maximum Gasteiger partial charge on any atom is 0.123 e. The Morgan fingerprint density at radius 3 is 2.40 bits per heavy atom. The van der Waals surface area contributed by atoms with Crippen LogP contribution >= 0.6 is 0 Å². The van der Waals surface area contributed by atoms with Gasteiger partial charge in [-0.2, -0.15) is 0 Å². The first-order valence-electron chi connectivity index (χ1n) is 3.55. The molecule has 0 amide bonds. The molecule has 1 rings (SSSR count). The summed E-state index contributed by atoms with van der Waals surface area (Å²) in [5.41, 5.74) is 0.210. The van der Waals surface area contributed by atoms with E-state index in [1.54, 1.807) is 0 Å². The highest BCUT2D eigenvalue weighted by molar-refractivity contribution is 5.71. The predicted molar refractivity (Wildman–Crippen MR) is 44.0 cm³/mol. The fraction of sp³-hybridized carbons (Fsp3) is 0.625. The first-order valence-corrected chi connectivity index (χ1v) is 3.55. The number of hydrogen-bond donors (Lipinski definition) is 1. The normalized spacial score (nSPS) is 24.5. The monoisotopic (exact) mass is 138 g/mol. The predicted octanol–water partition coefficient (Wildman–Crippen LogP) is 1.55. The van der Waals surface area contributed by atoms with E-state index in [9.17, 15) is 0 Å². The molecule has 56 valence electrons. The third kappa shape index (κ3) is 1.59. The second-order valence-electron chi connectivity index (χ2n) is 3.59. The molecule has 0 bridgehead atoms. The van der Waals surface area contributed by atoms with Crippen molar-refractivity contribution >= 4 is 6.21 Å². The summed E-state index contributed by atoms with van der Waals surface area (Å²) in [6.07, 6.45) is 5.91. The molecule has 0 fully saturated rings. The number of aliphatic imine (C=N–C) groups is 1. The van der Waals surface area contributed by atoms with E-state index in [0.29, 0.717) is 0 Å². The summed E-state index contributed by atoms with van der Waals surface area (Å²) < 4.78 is 0. The Balaban J connectivity index is 2.60. The maximum atomic E-state index is 4.28. The van der Waals surface area contributed by atoms with E-state index in [0.717, 1.165) is 0 Å². The highest BCUT2D eigenvalue weighted by Crippen LogP contribution is 2.20. The van der Waals surface area contributed by atoms with Gasteiger partial charge in [-0.25, -0.2) is 0 Å². The largest absolute Gasteiger partial charge is 0.369 e. The molecule has 1 heterocycles. The summed E-state index contributed by atoms with van der Waals surface area (Å²) in [5.74, 6) is 0. The number of rotatable bonds is 0. The molecule has 1 atom stereocenters. The van der Waals surface area contributed by atoms with E-state index in [-0.39, 0.29) is 11.6 Å². The molecule has 2 heteroatoms. The van der Waals surface area contributed by atoms with Crippen molar-refractivity contribution in [3.8, 4) is 0 Å². The minimum atomic E-state index is 0.210. The number of nitrogens with zero attached hydrogens (tertiary/aromatic N) is 1. The van der Waals surface area contributed by atoms with E-state index in [1.165, 1.54) is 0 Å². The van der Waals surface area contributed by atoms with Gasteiger partial charge in [-0.3, -0.25) is 4.99 Å². The summed E-state index contributed by atoms with van der Waals surface area (Å²) in [5, 5.41) is 3.18. The summed E-state index contributed by atoms with van der Waals surface area (Å²) in [7, 11) is 0. The Bertz CT molecular complexity index is 163. The van der Waals surface area contributed by atoms with Crippen LogP contribution in [0.4, 0.5) is 0 Å². The molecule has 0 aromatic carbocycles. The molecule has 1 aliphatic heterocycles. The zero-order valence-corrected chi connectivity index (χ0v) is 6.76. The zero-order valence-electron chi connectivity index (χ0n) is 6.76. The quantitative estimate of drug-likeness (QED) is 0.539. The Hall–Kier alpha value is -0.790. The van der Waals surface area contributed by atoms with Gasteiger partial charge in [-0.05, 0) is 12.3 Å². The third-order valence-electron chi connectivity index (χ3n) is 1.49. The summed E-state index contributed by atoms with van der Waals surface area (Å²) in [6.45, 7) is 6.50. The van der Waals surface area contributed by atoms with Crippen LogP contribution in [0.15, 0.2) is 17.3 Å². The molecule has 0 radical (unpaired) electrons. The minimum absolute atomic E-state index is 0.210. The van der Waals surface area contributed by atoms with Crippen LogP contribution in [-0.2, 0) is 0 Å². The van der Waals surface area contributed by atoms with Gasteiger partial charge in [0.1, 0.15) is 6.17 Å². The van der Waals surface area contributed by atoms with Crippen LogP contribution in [0.5, 0.6) is 0 Å². The average molecular weight is 138 g/mol. The first-order chi connectivity index (χ1) is 4.61. The van der Waals surface area contributed by atoms with Gasteiger partial charge in [-0.1, -0.05) is 20.8 Å². The molecule has 10 heavy (non-hydrogen) atoms. The van der Waals surface area contributed by atoms with E-state index in [1.807, 2.05) is 18.5 Å². The molecular weight excluding hydrogens is 124 g/mol. The SMILES string of the molecule is CC(C)(C)C1N=CC=CN1. The van der Waals surface area contributed by atoms with Crippen molar-refractivity contribution < 1.29 is 0 Å². The highest BCUT2D eigenvalue weighted by atomic mass is 15.1. The fourth-order valence-corrected chi connectivity index (χ4v) is 0.842. The van der Waals surface area contributed by atoms with Gasteiger partial charge >= 0.3 is 0 Å². The Morgan fingerprint density at radius 1 is 1.40 bits per heavy atom. The van der Waals surface area contributed by atoms with Crippen molar-refractivity contribution in [3.63, 3.8) is 0 Å². The van der Waals surface area contributed by atoms with Crippen LogP contribution in [0, 0.1) is 5.41 Å². The fourth-order valence-electron chi connectivity index (χ4n) is 0.842. The van der Waals surface area contributed by atoms with Gasteiger partial charge in [-0.15, -0.1) is 0 Å². The van der Waals surface area contributed by atoms with Crippen molar-refractivity contribution in [2.45, 2.75) is 26.9 Å². The molecule has 1 unspecified atom stereocenters. The lowest BCUT2D eigenvalue weighted by Crippen LogP contribution is -2.36. The second-order valence-corrected chi connectivity index (χ2v) is 3.59. The lowest BCUT2D eigenvalue weighted by Gasteiger charge is -2.28. The van der Waals surface area contributed by atoms with Crippen molar-refractivity contribution in [2.24, 2.45) is 10.4 Å². The number of hydrogen-bond acceptors (Lipinski definition) is 2. The van der Waals surface area contributed by atoms with E-state index < -0.39 is 0 Å². The standard InChI is InChI=1S/C8H14N2/c1-8(2,3)7-9-5-4-6-10-7/h4-7,9H,1-3H3. The van der Waals surface area contributed by atoms with Gasteiger partial charge in [0, 0.05) is 11.6 Å². The lowest BCUT2D eigenvalue weighted by molar-refractivity contribution is 0.297. The summed E-state index contributed by atoms with van der Waals surface area (Å²) in [6, 6.07) is 0. The molecule has 1 aliphatic rings. The Kier molecular flexibility index (Phi) is 1.79. The van der Waals surface area contributed by atoms with Gasteiger partial charge in [0.2, 0.25) is 0 Å². The van der Waals surface area contributed by atoms with Crippen molar-refractivity contribution in [2.75, 3.05) is 0 Å². The molecule has 0 aromatic heterocycles. The molecular formula is C8H14N2. The molecule has 0 saturated carbocycles. The molecule has 0 aliphatic carbocycles. The van der Waals surface area contributed by atoms with Gasteiger partial charge in [0.15, 0.2) is 0 Å². The van der Waals surface area contributed by atoms with Crippen LogP contribution in [0.2, 0.25) is 0 Å². The average Bonchev–Trinajstić information content (AvgIpc) is 1.88. The van der Waals surface area contributed by atoms with Crippen molar-refractivity contribution in [1.29, 1.82) is 0 Å². The van der Waals surface area contributed by atoms with Crippen LogP contribution < -0.4 is 5.32 Å². The van der Waals surface area contributed by atoms with Crippen LogP contribution in [0.3, 0.4) is 0 Å². The minimum Gasteiger partial charge on any atom is -0.369 e. The first kappa shape index (κ1) is 7.32. The molecule has 2 nitrogen and oxygen atoms in total. The van der Waals surface area contributed by atoms with E-state index in [2.05, 4.69) is 31.1 Å². The topological polar surface area (TPSA) is 24.4 Å².